The summed E-state index contributed by atoms with van der Waals surface area (Å²) in [6.07, 6.45) is 0.954. The van der Waals surface area contributed by atoms with Gasteiger partial charge in [-0.3, -0.25) is 9.69 Å². The van der Waals surface area contributed by atoms with E-state index in [0.717, 1.165) is 13.0 Å². The molecule has 2 rings (SSSR count). The number of rotatable bonds is 0. The van der Waals surface area contributed by atoms with Crippen molar-refractivity contribution in [3.8, 4) is 0 Å². The zero-order valence-corrected chi connectivity index (χ0v) is 7.28. The molecule has 2 atom stereocenters. The summed E-state index contributed by atoms with van der Waals surface area (Å²) in [5, 5.41) is 0. The third kappa shape index (κ3) is 0.722. The average Bonchev–Trinajstić information content (AvgIpc) is 2.51. The lowest BCUT2D eigenvalue weighted by molar-refractivity contribution is -0.127. The minimum absolute atomic E-state index is 0.0370. The molecule has 2 unspecified atom stereocenters. The maximum Gasteiger partial charge on any atom is 0.327 e. The number of fused-ring (bicyclic) bond motifs is 1. The van der Waals surface area contributed by atoms with Crippen LogP contribution in [0.25, 0.3) is 0 Å². The van der Waals surface area contributed by atoms with Crippen LogP contribution in [0, 0.1) is 5.92 Å². The van der Waals surface area contributed by atoms with Gasteiger partial charge in [0.05, 0.1) is 0 Å². The summed E-state index contributed by atoms with van der Waals surface area (Å²) in [7, 11) is 1.55. The Bertz CT molecular complexity index is 251. The van der Waals surface area contributed by atoms with Crippen LogP contribution in [-0.2, 0) is 4.79 Å². The van der Waals surface area contributed by atoms with Gasteiger partial charge in [0, 0.05) is 13.6 Å². The van der Waals surface area contributed by atoms with Gasteiger partial charge in [-0.15, -0.1) is 0 Å². The fraction of sp³-hybridized carbons (Fsp3) is 0.750. The molecule has 0 bridgehead atoms. The summed E-state index contributed by atoms with van der Waals surface area (Å²) in [5.74, 6) is 0.288. The molecule has 0 N–H and O–H groups in total. The van der Waals surface area contributed by atoms with E-state index >= 15 is 0 Å². The van der Waals surface area contributed by atoms with Crippen molar-refractivity contribution in [2.45, 2.75) is 19.4 Å². The second-order valence-electron chi connectivity index (χ2n) is 3.58. The molecule has 0 aromatic rings. The minimum atomic E-state index is -0.164. The molecule has 3 amide bonds. The average molecular weight is 168 g/mol. The smallest absolute Gasteiger partial charge is 0.312 e. The number of amides is 3. The second kappa shape index (κ2) is 2.21. The molecule has 66 valence electrons. The van der Waals surface area contributed by atoms with E-state index in [0.29, 0.717) is 5.92 Å². The molecular weight excluding hydrogens is 156 g/mol. The highest BCUT2D eigenvalue weighted by Gasteiger charge is 2.48. The maximum atomic E-state index is 11.5. The number of nitrogens with zero attached hydrogens (tertiary/aromatic N) is 2. The van der Waals surface area contributed by atoms with Crippen molar-refractivity contribution in [1.82, 2.24) is 9.80 Å². The molecule has 2 heterocycles. The van der Waals surface area contributed by atoms with Gasteiger partial charge in [0.1, 0.15) is 6.04 Å². The Kier molecular flexibility index (Phi) is 1.40. The van der Waals surface area contributed by atoms with E-state index in [1.54, 1.807) is 11.9 Å². The molecule has 4 heteroatoms. The third-order valence-electron chi connectivity index (χ3n) is 2.82. The number of likely N-dealkylation sites (N-methyl/N-ethyl adjacent to an activating group) is 1. The van der Waals surface area contributed by atoms with Gasteiger partial charge < -0.3 is 4.90 Å². The molecular formula is C8H12N2O2. The van der Waals surface area contributed by atoms with Crippen LogP contribution in [0.3, 0.4) is 0 Å². The van der Waals surface area contributed by atoms with Gasteiger partial charge in [-0.05, 0) is 12.3 Å². The molecule has 0 aliphatic carbocycles. The van der Waals surface area contributed by atoms with Crippen molar-refractivity contribution in [1.29, 1.82) is 0 Å². The predicted octanol–water partition coefficient (Wildman–Crippen LogP) is 0.289. The Balaban J connectivity index is 2.32. The largest absolute Gasteiger partial charge is 0.327 e. The van der Waals surface area contributed by atoms with Gasteiger partial charge in [-0.25, -0.2) is 4.79 Å². The molecule has 0 radical (unpaired) electrons. The molecule has 2 saturated heterocycles. The second-order valence-corrected chi connectivity index (χ2v) is 3.58. The third-order valence-corrected chi connectivity index (χ3v) is 2.82. The molecule has 2 aliphatic heterocycles. The molecule has 0 aromatic heterocycles. The summed E-state index contributed by atoms with van der Waals surface area (Å²) in [5.41, 5.74) is 0. The lowest BCUT2D eigenvalue weighted by atomic mass is 10.0. The fourth-order valence-corrected chi connectivity index (χ4v) is 2.02. The van der Waals surface area contributed by atoms with E-state index in [4.69, 9.17) is 0 Å². The van der Waals surface area contributed by atoms with E-state index in [-0.39, 0.29) is 18.0 Å². The number of hydrogen-bond donors (Lipinski definition) is 0. The first-order valence-corrected chi connectivity index (χ1v) is 4.21. The zero-order chi connectivity index (χ0) is 8.88. The monoisotopic (exact) mass is 168 g/mol. The Morgan fingerprint density at radius 3 is 2.67 bits per heavy atom. The summed E-state index contributed by atoms with van der Waals surface area (Å²) < 4.78 is 0. The van der Waals surface area contributed by atoms with Crippen LogP contribution >= 0.6 is 0 Å². The Hall–Kier alpha value is -1.06. The highest BCUT2D eigenvalue weighted by atomic mass is 16.2. The topological polar surface area (TPSA) is 40.6 Å². The summed E-state index contributed by atoms with van der Waals surface area (Å²) >= 11 is 0. The van der Waals surface area contributed by atoms with Gasteiger partial charge in [-0.2, -0.15) is 0 Å². The molecule has 12 heavy (non-hydrogen) atoms. The summed E-state index contributed by atoms with van der Waals surface area (Å²) in [6, 6.07) is -0.295. The summed E-state index contributed by atoms with van der Waals surface area (Å²) in [4.78, 5) is 25.7. The summed E-state index contributed by atoms with van der Waals surface area (Å²) in [6.45, 7) is 2.76. The van der Waals surface area contributed by atoms with Crippen molar-refractivity contribution < 1.29 is 9.59 Å². The van der Waals surface area contributed by atoms with Crippen molar-refractivity contribution in [2.24, 2.45) is 5.92 Å². The SMILES string of the molecule is CC1CCN2C(=O)N(C)C(=O)C12. The molecule has 2 aliphatic rings. The molecule has 4 nitrogen and oxygen atoms in total. The Morgan fingerprint density at radius 2 is 2.08 bits per heavy atom. The minimum Gasteiger partial charge on any atom is -0.312 e. The maximum absolute atomic E-state index is 11.5. The fourth-order valence-electron chi connectivity index (χ4n) is 2.02. The normalized spacial score (nSPS) is 34.8. The quantitative estimate of drug-likeness (QED) is 0.488. The van der Waals surface area contributed by atoms with Gasteiger partial charge >= 0.3 is 6.03 Å². The highest BCUT2D eigenvalue weighted by Crippen LogP contribution is 2.30. The lowest BCUT2D eigenvalue weighted by Crippen LogP contribution is -2.31. The van der Waals surface area contributed by atoms with Gasteiger partial charge in [0.25, 0.3) is 5.91 Å². The van der Waals surface area contributed by atoms with Gasteiger partial charge in [0.2, 0.25) is 0 Å². The van der Waals surface area contributed by atoms with Crippen LogP contribution in [0.1, 0.15) is 13.3 Å². The standard InChI is InChI=1S/C8H12N2O2/c1-5-3-4-10-6(5)7(11)9(2)8(10)12/h5-6H,3-4H2,1-2H3. The van der Waals surface area contributed by atoms with Crippen LogP contribution in [0.5, 0.6) is 0 Å². The van der Waals surface area contributed by atoms with E-state index < -0.39 is 0 Å². The van der Waals surface area contributed by atoms with E-state index in [2.05, 4.69) is 0 Å². The lowest BCUT2D eigenvalue weighted by Gasteiger charge is -2.12. The highest BCUT2D eigenvalue weighted by molar-refractivity contribution is 6.04. The first kappa shape index (κ1) is 7.58. The van der Waals surface area contributed by atoms with E-state index in [1.807, 2.05) is 6.92 Å². The van der Waals surface area contributed by atoms with Crippen LogP contribution in [0.2, 0.25) is 0 Å². The van der Waals surface area contributed by atoms with Crippen molar-refractivity contribution in [3.05, 3.63) is 0 Å². The van der Waals surface area contributed by atoms with Gasteiger partial charge in [0.15, 0.2) is 0 Å². The Labute approximate surface area is 71.1 Å². The van der Waals surface area contributed by atoms with Crippen molar-refractivity contribution in [3.63, 3.8) is 0 Å². The van der Waals surface area contributed by atoms with Gasteiger partial charge in [-0.1, -0.05) is 6.92 Å². The molecule has 0 spiro atoms. The van der Waals surface area contributed by atoms with Crippen molar-refractivity contribution in [2.75, 3.05) is 13.6 Å². The van der Waals surface area contributed by atoms with E-state index in [9.17, 15) is 9.59 Å². The number of carbonyl (C=O) groups is 2. The molecule has 2 fully saturated rings. The number of carbonyl (C=O) groups excluding carboxylic acids is 2. The first-order valence-electron chi connectivity index (χ1n) is 4.21. The first-order chi connectivity index (χ1) is 5.63. The van der Waals surface area contributed by atoms with Crippen LogP contribution < -0.4 is 0 Å². The van der Waals surface area contributed by atoms with E-state index in [1.165, 1.54) is 4.90 Å². The van der Waals surface area contributed by atoms with Crippen LogP contribution in [0.15, 0.2) is 0 Å². The molecule has 0 aromatic carbocycles. The number of imide groups is 1. The molecule has 0 saturated carbocycles. The Morgan fingerprint density at radius 1 is 1.42 bits per heavy atom. The van der Waals surface area contributed by atoms with Crippen LogP contribution in [0.4, 0.5) is 4.79 Å². The van der Waals surface area contributed by atoms with Crippen LogP contribution in [-0.4, -0.2) is 41.4 Å². The predicted molar refractivity (Wildman–Crippen MR) is 42.4 cm³/mol. The number of urea groups is 1. The van der Waals surface area contributed by atoms with Crippen molar-refractivity contribution >= 4 is 11.9 Å². The number of hydrogen-bond acceptors (Lipinski definition) is 2. The zero-order valence-electron chi connectivity index (χ0n) is 7.28.